The first-order valence-electron chi connectivity index (χ1n) is 8.37. The van der Waals surface area contributed by atoms with E-state index in [4.69, 9.17) is 0 Å². The molecule has 10 nitrogen and oxygen atoms in total. The summed E-state index contributed by atoms with van der Waals surface area (Å²) in [6.07, 6.45) is -1.34. The van der Waals surface area contributed by atoms with Crippen LogP contribution in [-0.4, -0.2) is 57.0 Å². The molecule has 11 heteroatoms. The Balaban J connectivity index is 1.87. The number of benzene rings is 2. The van der Waals surface area contributed by atoms with Crippen molar-refractivity contribution < 1.29 is 22.8 Å². The van der Waals surface area contributed by atoms with Gasteiger partial charge in [-0.1, -0.05) is 24.3 Å². The zero-order valence-electron chi connectivity index (χ0n) is 15.0. The molecule has 0 unspecified atom stereocenters. The molecule has 3 N–H and O–H groups in total. The zero-order chi connectivity index (χ0) is 20.2. The fourth-order valence-corrected chi connectivity index (χ4v) is 5.16. The molecule has 0 bridgehead atoms. The first kappa shape index (κ1) is 18.0. The Morgan fingerprint density at radius 1 is 0.964 bits per heavy atom. The molecule has 0 spiro atoms. The molecular formula is C17H17N5O5S. The van der Waals surface area contributed by atoms with Crippen molar-refractivity contribution in [3.8, 4) is 0 Å². The molecule has 0 aliphatic carbocycles. The highest BCUT2D eigenvalue weighted by molar-refractivity contribution is 7.90. The van der Waals surface area contributed by atoms with Gasteiger partial charge in [0.15, 0.2) is 12.2 Å². The highest BCUT2D eigenvalue weighted by Gasteiger charge is 2.53. The summed E-state index contributed by atoms with van der Waals surface area (Å²) in [5, 5.41) is 7.75. The number of nitrogens with one attached hydrogen (secondary N) is 3. The number of carbonyl (C=O) groups is 3. The maximum Gasteiger partial charge on any atom is 0.334 e. The first-order chi connectivity index (χ1) is 13.2. The van der Waals surface area contributed by atoms with Crippen molar-refractivity contribution in [2.75, 3.05) is 19.0 Å². The van der Waals surface area contributed by atoms with E-state index in [9.17, 15) is 22.8 Å². The highest BCUT2D eigenvalue weighted by Crippen LogP contribution is 2.33. The van der Waals surface area contributed by atoms with E-state index in [1.807, 2.05) is 30.4 Å². The minimum Gasteiger partial charge on any atom is -0.377 e. The molecule has 0 radical (unpaired) electrons. The Morgan fingerprint density at radius 2 is 1.64 bits per heavy atom. The van der Waals surface area contributed by atoms with Gasteiger partial charge in [-0.15, -0.1) is 0 Å². The molecule has 2 saturated heterocycles. The largest absolute Gasteiger partial charge is 0.377 e. The zero-order valence-corrected chi connectivity index (χ0v) is 15.8. The minimum absolute atomic E-state index is 0.0928. The molecule has 2 aromatic carbocycles. The molecule has 146 valence electrons. The summed E-state index contributed by atoms with van der Waals surface area (Å²) in [6.45, 7) is 0. The molecule has 5 amide bonds. The van der Waals surface area contributed by atoms with Crippen LogP contribution in [0.2, 0.25) is 0 Å². The van der Waals surface area contributed by atoms with Gasteiger partial charge in [0.1, 0.15) is 0 Å². The summed E-state index contributed by atoms with van der Waals surface area (Å²) in [7, 11) is -0.690. The van der Waals surface area contributed by atoms with Crippen molar-refractivity contribution in [1.82, 2.24) is 20.3 Å². The number of carbonyl (C=O) groups excluding carboxylic acids is 3. The molecule has 2 aliphatic heterocycles. The summed E-state index contributed by atoms with van der Waals surface area (Å²) in [5.74, 6) is -0.771. The van der Waals surface area contributed by atoms with E-state index in [1.54, 1.807) is 24.3 Å². The number of nitrogens with zero attached hydrogens (tertiary/aromatic N) is 2. The second-order valence-electron chi connectivity index (χ2n) is 6.66. The van der Waals surface area contributed by atoms with Crippen LogP contribution in [0.25, 0.3) is 10.8 Å². The molecular weight excluding hydrogens is 386 g/mol. The summed E-state index contributed by atoms with van der Waals surface area (Å²) in [6, 6.07) is 6.93. The Hall–Kier alpha value is -3.34. The van der Waals surface area contributed by atoms with Gasteiger partial charge in [-0.2, -0.15) is 4.31 Å². The predicted molar refractivity (Wildman–Crippen MR) is 100 cm³/mol. The number of urea groups is 2. The monoisotopic (exact) mass is 403 g/mol. The molecule has 2 aromatic rings. The molecule has 2 fully saturated rings. The summed E-state index contributed by atoms with van der Waals surface area (Å²) in [4.78, 5) is 37.8. The fourth-order valence-electron chi connectivity index (χ4n) is 3.49. The Labute approximate surface area is 160 Å². The van der Waals surface area contributed by atoms with E-state index in [2.05, 4.69) is 10.6 Å². The molecule has 2 heterocycles. The van der Waals surface area contributed by atoms with Crippen LogP contribution in [0, 0.1) is 0 Å². The molecule has 28 heavy (non-hydrogen) atoms. The number of sulfonamides is 1. The van der Waals surface area contributed by atoms with Crippen LogP contribution in [0.5, 0.6) is 0 Å². The summed E-state index contributed by atoms with van der Waals surface area (Å²) >= 11 is 0. The van der Waals surface area contributed by atoms with Crippen LogP contribution in [0.1, 0.15) is 0 Å². The van der Waals surface area contributed by atoms with E-state index in [1.165, 1.54) is 6.07 Å². The van der Waals surface area contributed by atoms with Gasteiger partial charge in [0, 0.05) is 30.6 Å². The van der Waals surface area contributed by atoms with Crippen LogP contribution in [0.4, 0.5) is 15.3 Å². The van der Waals surface area contributed by atoms with E-state index in [-0.39, 0.29) is 4.90 Å². The first-order valence-corrected chi connectivity index (χ1v) is 9.81. The molecule has 2 aliphatic rings. The van der Waals surface area contributed by atoms with Gasteiger partial charge in [0.25, 0.3) is 15.9 Å². The number of amides is 5. The van der Waals surface area contributed by atoms with Gasteiger partial charge >= 0.3 is 12.1 Å². The van der Waals surface area contributed by atoms with Crippen LogP contribution in [0.3, 0.4) is 0 Å². The Morgan fingerprint density at radius 3 is 2.36 bits per heavy atom. The number of hydrogen-bond donors (Lipinski definition) is 3. The van der Waals surface area contributed by atoms with Crippen molar-refractivity contribution in [2.45, 2.75) is 17.1 Å². The van der Waals surface area contributed by atoms with Crippen LogP contribution >= 0.6 is 0 Å². The van der Waals surface area contributed by atoms with Crippen molar-refractivity contribution >= 4 is 44.5 Å². The van der Waals surface area contributed by atoms with Gasteiger partial charge in [-0.3, -0.25) is 10.1 Å². The number of imide groups is 1. The van der Waals surface area contributed by atoms with Crippen molar-refractivity contribution in [3.63, 3.8) is 0 Å². The van der Waals surface area contributed by atoms with Crippen LogP contribution < -0.4 is 20.9 Å². The lowest BCUT2D eigenvalue weighted by Gasteiger charge is -2.29. The van der Waals surface area contributed by atoms with Gasteiger partial charge in [0.2, 0.25) is 0 Å². The average molecular weight is 403 g/mol. The number of anilines is 1. The molecule has 0 saturated carbocycles. The highest BCUT2D eigenvalue weighted by atomic mass is 32.2. The topological polar surface area (TPSA) is 128 Å². The third-order valence-electron chi connectivity index (χ3n) is 4.72. The lowest BCUT2D eigenvalue weighted by Crippen LogP contribution is -2.65. The van der Waals surface area contributed by atoms with Gasteiger partial charge in [-0.05, 0) is 12.1 Å². The maximum atomic E-state index is 13.4. The quantitative estimate of drug-likeness (QED) is 0.670. The van der Waals surface area contributed by atoms with E-state index < -0.39 is 40.2 Å². The van der Waals surface area contributed by atoms with Crippen molar-refractivity contribution in [2.24, 2.45) is 0 Å². The van der Waals surface area contributed by atoms with Gasteiger partial charge in [0.05, 0.1) is 4.90 Å². The second kappa shape index (κ2) is 6.09. The minimum atomic E-state index is -4.37. The van der Waals surface area contributed by atoms with E-state index in [0.717, 1.165) is 5.69 Å². The average Bonchev–Trinajstić information content (AvgIpc) is 2.97. The van der Waals surface area contributed by atoms with Gasteiger partial charge < -0.3 is 15.5 Å². The predicted octanol–water partition coefficient (Wildman–Crippen LogP) is 0.154. The third kappa shape index (κ3) is 2.54. The van der Waals surface area contributed by atoms with E-state index in [0.29, 0.717) is 15.1 Å². The number of fused-ring (bicyclic) bond motifs is 2. The number of hydrogen-bond acceptors (Lipinski definition) is 6. The summed E-state index contributed by atoms with van der Waals surface area (Å²) < 4.78 is 27.3. The van der Waals surface area contributed by atoms with Gasteiger partial charge in [-0.25, -0.2) is 18.0 Å². The lowest BCUT2D eigenvalue weighted by molar-refractivity contribution is -0.123. The molecule has 4 rings (SSSR count). The normalized spacial score (nSPS) is 21.8. The molecule has 2 atom stereocenters. The van der Waals surface area contributed by atoms with Crippen LogP contribution in [0.15, 0.2) is 41.3 Å². The van der Waals surface area contributed by atoms with Crippen LogP contribution in [-0.2, 0) is 14.8 Å². The van der Waals surface area contributed by atoms with E-state index >= 15 is 0 Å². The standard InChI is InChI=1S/C17H17N5O5S/c1-21(2)11-7-3-6-10-9(11)5-4-8-12(10)28(26,27)22-14-13(18-17(22)25)15(23)20-16(24)19-14/h3-8,13-14H,1-2H3,(H,18,25)(H2,19,20,23,24)/t13-,14-/m1/s1. The lowest BCUT2D eigenvalue weighted by atomic mass is 10.1. The Kier molecular flexibility index (Phi) is 3.93. The fraction of sp³-hybridized carbons (Fsp3) is 0.235. The van der Waals surface area contributed by atoms with Crippen molar-refractivity contribution in [3.05, 3.63) is 36.4 Å². The second-order valence-corrected chi connectivity index (χ2v) is 8.44. The smallest absolute Gasteiger partial charge is 0.334 e. The molecule has 0 aromatic heterocycles. The maximum absolute atomic E-state index is 13.4. The third-order valence-corrected chi connectivity index (χ3v) is 6.55. The summed E-state index contributed by atoms with van der Waals surface area (Å²) in [5.41, 5.74) is 0.809. The SMILES string of the molecule is CN(C)c1cccc2c(S(=O)(=O)N3C(=O)N[C@H]4C(=O)NC(=O)N[C@@H]43)cccc12. The van der Waals surface area contributed by atoms with Crippen molar-refractivity contribution in [1.29, 1.82) is 0 Å². The number of rotatable bonds is 3. The Bertz CT molecular complexity index is 1130.